The monoisotopic (exact) mass is 1420 g/mol. The lowest BCUT2D eigenvalue weighted by Crippen LogP contribution is -2.30. The zero-order valence-electron chi connectivity index (χ0n) is 63.4. The predicted octanol–water partition coefficient (Wildman–Crippen LogP) is 23.1. The molecule has 0 aromatic heterocycles. The zero-order valence-corrected chi connectivity index (χ0v) is 65.2. The average Bonchev–Trinajstić information content (AvgIpc) is 1.07. The molecule has 0 aromatic carbocycles. The molecular weight excluding hydrogens is 1270 g/mol. The van der Waals surface area contributed by atoms with Crippen LogP contribution in [0.4, 0.5) is 0 Å². The van der Waals surface area contributed by atoms with Gasteiger partial charge in [-0.3, -0.25) is 37.3 Å². The van der Waals surface area contributed by atoms with E-state index < -0.39 is 97.5 Å². The van der Waals surface area contributed by atoms with E-state index in [0.717, 1.165) is 108 Å². The molecule has 97 heavy (non-hydrogen) atoms. The maximum absolute atomic E-state index is 13.1. The summed E-state index contributed by atoms with van der Waals surface area (Å²) in [5.74, 6) is -0.631. The van der Waals surface area contributed by atoms with Gasteiger partial charge in [-0.2, -0.15) is 0 Å². The topological polar surface area (TPSA) is 237 Å². The molecule has 0 amide bonds. The molecule has 0 rings (SSSR count). The van der Waals surface area contributed by atoms with E-state index in [2.05, 4.69) is 41.5 Å². The number of aliphatic hydroxyl groups is 1. The van der Waals surface area contributed by atoms with Gasteiger partial charge in [-0.05, 0) is 37.5 Å². The van der Waals surface area contributed by atoms with Crippen molar-refractivity contribution in [3.8, 4) is 0 Å². The van der Waals surface area contributed by atoms with Gasteiger partial charge in [-0.25, -0.2) is 9.13 Å². The molecule has 0 bridgehead atoms. The number of ether oxygens (including phenoxy) is 4. The number of rotatable bonds is 77. The SMILES string of the molecule is CCCCCCCCCCCCCCCCCCCCC(=O)O[C@H](COC(=O)CCCCCCCCCCCCCCCCCC)COP(=O)(O)OC[C@@H](O)COP(=O)(O)OC[C@@H](COC(=O)CCCCCCCCC(C)CC)OC(=O)CCCCCCCCCCCCC(C)C. The van der Waals surface area contributed by atoms with Gasteiger partial charge in [0.15, 0.2) is 12.2 Å². The summed E-state index contributed by atoms with van der Waals surface area (Å²) in [6, 6.07) is 0. The van der Waals surface area contributed by atoms with E-state index in [1.807, 2.05) is 0 Å². The second-order valence-corrected chi connectivity index (χ2v) is 31.7. The number of carbonyl (C=O) groups is 4. The molecule has 0 saturated carbocycles. The van der Waals surface area contributed by atoms with Gasteiger partial charge in [0, 0.05) is 25.7 Å². The van der Waals surface area contributed by atoms with Gasteiger partial charge >= 0.3 is 39.5 Å². The number of aliphatic hydroxyl groups excluding tert-OH is 1. The second-order valence-electron chi connectivity index (χ2n) is 28.8. The Kier molecular flexibility index (Phi) is 68.4. The van der Waals surface area contributed by atoms with Gasteiger partial charge in [0.2, 0.25) is 0 Å². The van der Waals surface area contributed by atoms with E-state index in [4.69, 9.17) is 37.0 Å². The molecule has 0 aromatic rings. The van der Waals surface area contributed by atoms with E-state index in [-0.39, 0.29) is 25.7 Å². The van der Waals surface area contributed by atoms with Gasteiger partial charge in [-0.1, -0.05) is 356 Å². The number of carbonyl (C=O) groups excluding carboxylic acids is 4. The van der Waals surface area contributed by atoms with Crippen molar-refractivity contribution in [1.29, 1.82) is 0 Å². The summed E-state index contributed by atoms with van der Waals surface area (Å²) in [6.07, 6.45) is 58.3. The lowest BCUT2D eigenvalue weighted by atomic mass is 10.00. The molecule has 0 aliphatic carbocycles. The van der Waals surface area contributed by atoms with E-state index in [1.54, 1.807) is 0 Å². The smallest absolute Gasteiger partial charge is 0.462 e. The maximum Gasteiger partial charge on any atom is 0.472 e. The highest BCUT2D eigenvalue weighted by molar-refractivity contribution is 7.47. The van der Waals surface area contributed by atoms with E-state index in [1.165, 1.54) is 218 Å². The fourth-order valence-electron chi connectivity index (χ4n) is 12.0. The quantitative estimate of drug-likeness (QED) is 0.0222. The van der Waals surface area contributed by atoms with Crippen LogP contribution in [0.25, 0.3) is 0 Å². The van der Waals surface area contributed by atoms with Crippen molar-refractivity contribution in [2.45, 2.75) is 426 Å². The first-order valence-electron chi connectivity index (χ1n) is 40.5. The van der Waals surface area contributed by atoms with Crippen LogP contribution in [0.5, 0.6) is 0 Å². The fraction of sp³-hybridized carbons (Fsp3) is 0.949. The molecule has 6 atom stereocenters. The molecule has 0 aliphatic rings. The average molecular weight is 1420 g/mol. The van der Waals surface area contributed by atoms with E-state index >= 15 is 0 Å². The van der Waals surface area contributed by atoms with Gasteiger partial charge < -0.3 is 33.8 Å². The number of hydrogen-bond acceptors (Lipinski definition) is 15. The molecule has 0 fully saturated rings. The maximum atomic E-state index is 13.1. The van der Waals surface area contributed by atoms with Crippen LogP contribution >= 0.6 is 15.6 Å². The first kappa shape index (κ1) is 95.1. The van der Waals surface area contributed by atoms with E-state index in [0.29, 0.717) is 25.7 Å². The van der Waals surface area contributed by atoms with Crippen LogP contribution in [-0.4, -0.2) is 96.7 Å². The van der Waals surface area contributed by atoms with Crippen molar-refractivity contribution in [2.24, 2.45) is 11.8 Å². The van der Waals surface area contributed by atoms with Gasteiger partial charge in [0.1, 0.15) is 19.3 Å². The van der Waals surface area contributed by atoms with Crippen molar-refractivity contribution in [3.05, 3.63) is 0 Å². The van der Waals surface area contributed by atoms with Crippen LogP contribution in [0.15, 0.2) is 0 Å². The van der Waals surface area contributed by atoms with Crippen molar-refractivity contribution in [3.63, 3.8) is 0 Å². The molecular formula is C78H152O17P2. The number of phosphoric ester groups is 2. The molecule has 3 N–H and O–H groups in total. The minimum Gasteiger partial charge on any atom is -0.462 e. The predicted molar refractivity (Wildman–Crippen MR) is 395 cm³/mol. The third kappa shape index (κ3) is 70.9. The normalized spacial score (nSPS) is 14.2. The van der Waals surface area contributed by atoms with Crippen LogP contribution in [0.2, 0.25) is 0 Å². The van der Waals surface area contributed by atoms with E-state index in [9.17, 15) is 43.2 Å². The Morgan fingerprint density at radius 3 is 0.784 bits per heavy atom. The van der Waals surface area contributed by atoms with Crippen LogP contribution < -0.4 is 0 Å². The van der Waals surface area contributed by atoms with Gasteiger partial charge in [0.25, 0.3) is 0 Å². The van der Waals surface area contributed by atoms with Crippen molar-refractivity contribution in [1.82, 2.24) is 0 Å². The van der Waals surface area contributed by atoms with Gasteiger partial charge in [0.05, 0.1) is 26.4 Å². The lowest BCUT2D eigenvalue weighted by Gasteiger charge is -2.21. The number of unbranched alkanes of at least 4 members (excludes halogenated alkanes) is 46. The standard InChI is InChI=1S/C78H152O17P2/c1-7-10-12-14-16-18-20-22-24-26-27-29-31-33-38-42-50-56-62-77(82)94-73(66-88-75(80)60-54-48-41-37-32-30-28-25-23-21-19-17-15-13-11-8-2)68-92-96(84,85)90-64-72(79)65-91-97(86,87)93-69-74(67-89-76(81)61-55-49-45-44-47-53-59-71(6)9-3)95-78(83)63-57-51-43-39-35-34-36-40-46-52-58-70(4)5/h70-74,79H,7-69H2,1-6H3,(H,84,85)(H,86,87)/t71?,72-,73-,74-/m1/s1. The van der Waals surface area contributed by atoms with Crippen molar-refractivity contribution in [2.75, 3.05) is 39.6 Å². The lowest BCUT2D eigenvalue weighted by molar-refractivity contribution is -0.161. The summed E-state index contributed by atoms with van der Waals surface area (Å²) in [7, 11) is -9.91. The van der Waals surface area contributed by atoms with Crippen molar-refractivity contribution >= 4 is 39.5 Å². The fourth-order valence-corrected chi connectivity index (χ4v) is 13.6. The van der Waals surface area contributed by atoms with Crippen LogP contribution in [0, 0.1) is 11.8 Å². The van der Waals surface area contributed by atoms with Crippen LogP contribution in [0.3, 0.4) is 0 Å². The number of hydrogen-bond donors (Lipinski definition) is 3. The van der Waals surface area contributed by atoms with Gasteiger partial charge in [-0.15, -0.1) is 0 Å². The largest absolute Gasteiger partial charge is 0.472 e. The zero-order chi connectivity index (χ0) is 71.4. The molecule has 0 spiro atoms. The minimum atomic E-state index is -4.96. The summed E-state index contributed by atoms with van der Waals surface area (Å²) in [5.41, 5.74) is 0. The first-order valence-corrected chi connectivity index (χ1v) is 43.5. The molecule has 0 saturated heterocycles. The Hall–Kier alpha value is -1.94. The molecule has 576 valence electrons. The Morgan fingerprint density at radius 1 is 0.299 bits per heavy atom. The highest BCUT2D eigenvalue weighted by Crippen LogP contribution is 2.45. The molecule has 0 radical (unpaired) electrons. The Morgan fingerprint density at radius 2 is 0.526 bits per heavy atom. The summed E-state index contributed by atoms with van der Waals surface area (Å²) >= 11 is 0. The van der Waals surface area contributed by atoms with Crippen LogP contribution in [-0.2, 0) is 65.4 Å². The number of esters is 4. The summed E-state index contributed by atoms with van der Waals surface area (Å²) in [5, 5.41) is 10.6. The Balaban J connectivity index is 5.24. The first-order chi connectivity index (χ1) is 46.9. The molecule has 19 heteroatoms. The third-order valence-electron chi connectivity index (χ3n) is 18.6. The molecule has 0 heterocycles. The number of phosphoric acid groups is 2. The summed E-state index contributed by atoms with van der Waals surface area (Å²) in [6.45, 7) is 9.57. The molecule has 3 unspecified atom stereocenters. The Labute approximate surface area is 594 Å². The van der Waals surface area contributed by atoms with Crippen LogP contribution in [0.1, 0.15) is 408 Å². The third-order valence-corrected chi connectivity index (χ3v) is 20.5. The highest BCUT2D eigenvalue weighted by Gasteiger charge is 2.30. The Bertz CT molecular complexity index is 1870. The summed E-state index contributed by atoms with van der Waals surface area (Å²) in [4.78, 5) is 72.9. The second kappa shape index (κ2) is 69.8. The highest BCUT2D eigenvalue weighted by atomic mass is 31.2. The molecule has 17 nitrogen and oxygen atoms in total. The summed E-state index contributed by atoms with van der Waals surface area (Å²) < 4.78 is 68.6. The minimum absolute atomic E-state index is 0.105. The molecule has 0 aliphatic heterocycles. The van der Waals surface area contributed by atoms with Crippen molar-refractivity contribution < 1.29 is 80.2 Å².